The highest BCUT2D eigenvalue weighted by molar-refractivity contribution is 6.30. The van der Waals surface area contributed by atoms with E-state index in [0.29, 0.717) is 16.6 Å². The van der Waals surface area contributed by atoms with Gasteiger partial charge in [0.2, 0.25) is 0 Å². The molecule has 0 aliphatic rings. The van der Waals surface area contributed by atoms with Crippen LogP contribution >= 0.6 is 11.6 Å². The summed E-state index contributed by atoms with van der Waals surface area (Å²) in [6.07, 6.45) is 0. The van der Waals surface area contributed by atoms with Crippen molar-refractivity contribution in [2.45, 2.75) is 26.0 Å². The van der Waals surface area contributed by atoms with Gasteiger partial charge in [0.15, 0.2) is 11.4 Å². The van der Waals surface area contributed by atoms with Gasteiger partial charge in [0.05, 0.1) is 6.54 Å². The molecule has 3 rings (SSSR count). The van der Waals surface area contributed by atoms with Crippen molar-refractivity contribution in [3.05, 3.63) is 70.1 Å². The number of carbonyl (C=O) groups excluding carboxylic acids is 1. The van der Waals surface area contributed by atoms with Crippen LogP contribution in [-0.2, 0) is 18.4 Å². The van der Waals surface area contributed by atoms with Crippen LogP contribution in [0.2, 0.25) is 5.02 Å². The monoisotopic (exact) mass is 414 g/mol. The summed E-state index contributed by atoms with van der Waals surface area (Å²) in [5, 5.41) is 7.78. The summed E-state index contributed by atoms with van der Waals surface area (Å²) in [7, 11) is 1.68. The smallest absolute Gasteiger partial charge is 0.345 e. The van der Waals surface area contributed by atoms with Gasteiger partial charge in [-0.15, -0.1) is 5.10 Å². The topological polar surface area (TPSA) is 78.2 Å². The molecule has 1 aromatic heterocycles. The number of ether oxygens (including phenoxy) is 1. The van der Waals surface area contributed by atoms with E-state index >= 15 is 0 Å². The Bertz CT molecular complexity index is 1040. The minimum absolute atomic E-state index is 0.241. The number of nitrogens with one attached hydrogen (secondary N) is 1. The lowest BCUT2D eigenvalue weighted by Crippen LogP contribution is -2.47. The van der Waals surface area contributed by atoms with Crippen molar-refractivity contribution in [2.24, 2.45) is 7.05 Å². The fraction of sp³-hybridized carbons (Fsp3) is 0.286. The predicted octanol–water partition coefficient (Wildman–Crippen LogP) is 2.88. The molecule has 7 nitrogen and oxygen atoms in total. The molecule has 1 amide bonds. The van der Waals surface area contributed by atoms with Crippen LogP contribution in [0.25, 0.3) is 11.4 Å². The second kappa shape index (κ2) is 8.53. The maximum Gasteiger partial charge on any atom is 0.345 e. The highest BCUT2D eigenvalue weighted by Crippen LogP contribution is 2.21. The Balaban J connectivity index is 1.61. The Morgan fingerprint density at radius 1 is 1.14 bits per heavy atom. The van der Waals surface area contributed by atoms with Crippen LogP contribution < -0.4 is 15.7 Å². The van der Waals surface area contributed by atoms with E-state index in [2.05, 4.69) is 10.4 Å². The van der Waals surface area contributed by atoms with Gasteiger partial charge >= 0.3 is 5.69 Å². The van der Waals surface area contributed by atoms with E-state index in [1.165, 1.54) is 9.25 Å². The number of carbonyl (C=O) groups is 1. The van der Waals surface area contributed by atoms with Crippen LogP contribution in [-0.4, -0.2) is 32.4 Å². The summed E-state index contributed by atoms with van der Waals surface area (Å²) in [4.78, 5) is 24.9. The number of hydrogen-bond acceptors (Lipinski definition) is 4. The van der Waals surface area contributed by atoms with Gasteiger partial charge in [-0.2, -0.15) is 0 Å². The van der Waals surface area contributed by atoms with Crippen molar-refractivity contribution in [1.29, 1.82) is 0 Å². The summed E-state index contributed by atoms with van der Waals surface area (Å²) in [5.74, 6) is 0.830. The van der Waals surface area contributed by atoms with Gasteiger partial charge in [-0.25, -0.2) is 9.48 Å². The molecule has 0 unspecified atom stereocenters. The molecule has 29 heavy (non-hydrogen) atoms. The number of hydrogen-bond donors (Lipinski definition) is 1. The first-order valence-electron chi connectivity index (χ1n) is 9.20. The van der Waals surface area contributed by atoms with Gasteiger partial charge in [-0.3, -0.25) is 9.36 Å². The van der Waals surface area contributed by atoms with Crippen LogP contribution in [0.1, 0.15) is 13.8 Å². The third-order valence-electron chi connectivity index (χ3n) is 4.42. The first kappa shape index (κ1) is 20.7. The second-order valence-electron chi connectivity index (χ2n) is 7.08. The third-order valence-corrected chi connectivity index (χ3v) is 4.67. The van der Waals surface area contributed by atoms with E-state index in [1.807, 2.05) is 30.3 Å². The number of amides is 1. The normalized spacial score (nSPS) is 11.3. The third kappa shape index (κ3) is 4.86. The Morgan fingerprint density at radius 2 is 1.79 bits per heavy atom. The van der Waals surface area contributed by atoms with Crippen molar-refractivity contribution in [1.82, 2.24) is 19.7 Å². The fourth-order valence-corrected chi connectivity index (χ4v) is 2.93. The largest absolute Gasteiger partial charge is 0.478 e. The van der Waals surface area contributed by atoms with Crippen LogP contribution in [0.5, 0.6) is 5.75 Å². The molecule has 2 aromatic carbocycles. The lowest BCUT2D eigenvalue weighted by molar-refractivity contribution is -0.134. The van der Waals surface area contributed by atoms with E-state index in [4.69, 9.17) is 16.3 Å². The van der Waals surface area contributed by atoms with E-state index in [9.17, 15) is 9.59 Å². The molecular weight excluding hydrogens is 392 g/mol. The van der Waals surface area contributed by atoms with E-state index in [0.717, 1.165) is 5.56 Å². The van der Waals surface area contributed by atoms with Gasteiger partial charge in [-0.1, -0.05) is 41.9 Å². The van der Waals surface area contributed by atoms with Crippen molar-refractivity contribution in [3.63, 3.8) is 0 Å². The Labute approximate surface area is 173 Å². The first-order chi connectivity index (χ1) is 13.8. The summed E-state index contributed by atoms with van der Waals surface area (Å²) in [6.45, 7) is 3.86. The van der Waals surface area contributed by atoms with Crippen molar-refractivity contribution in [2.75, 3.05) is 6.54 Å². The minimum Gasteiger partial charge on any atom is -0.478 e. The van der Waals surface area contributed by atoms with Crippen molar-refractivity contribution >= 4 is 17.5 Å². The molecule has 0 saturated carbocycles. The lowest BCUT2D eigenvalue weighted by Gasteiger charge is -2.25. The average molecular weight is 415 g/mol. The number of nitrogens with zero attached hydrogens (tertiary/aromatic N) is 3. The zero-order valence-corrected chi connectivity index (χ0v) is 17.3. The number of halogens is 1. The quantitative estimate of drug-likeness (QED) is 0.644. The molecular formula is C21H23ClN4O3. The van der Waals surface area contributed by atoms with Gasteiger partial charge in [0.25, 0.3) is 5.91 Å². The zero-order chi connectivity index (χ0) is 21.0. The van der Waals surface area contributed by atoms with Crippen LogP contribution in [0.15, 0.2) is 59.4 Å². The summed E-state index contributed by atoms with van der Waals surface area (Å²) in [6, 6.07) is 16.3. The molecule has 0 fully saturated rings. The van der Waals surface area contributed by atoms with E-state index < -0.39 is 5.60 Å². The Morgan fingerprint density at radius 3 is 2.45 bits per heavy atom. The molecule has 3 aromatic rings. The predicted molar refractivity (Wildman–Crippen MR) is 112 cm³/mol. The second-order valence-corrected chi connectivity index (χ2v) is 7.51. The highest BCUT2D eigenvalue weighted by Gasteiger charge is 2.29. The average Bonchev–Trinajstić information content (AvgIpc) is 2.99. The Hall–Kier alpha value is -3.06. The minimum atomic E-state index is -1.09. The number of aromatic nitrogens is 3. The van der Waals surface area contributed by atoms with E-state index in [-0.39, 0.29) is 24.7 Å². The van der Waals surface area contributed by atoms with Crippen molar-refractivity contribution in [3.8, 4) is 17.1 Å². The molecule has 0 radical (unpaired) electrons. The highest BCUT2D eigenvalue weighted by atomic mass is 35.5. The zero-order valence-electron chi connectivity index (χ0n) is 16.6. The maximum atomic E-state index is 12.5. The molecule has 0 aliphatic carbocycles. The molecule has 152 valence electrons. The summed E-state index contributed by atoms with van der Waals surface area (Å²) >= 11 is 5.87. The number of benzene rings is 2. The van der Waals surface area contributed by atoms with Crippen molar-refractivity contribution < 1.29 is 9.53 Å². The molecule has 0 aliphatic heterocycles. The molecule has 0 saturated heterocycles. The fourth-order valence-electron chi connectivity index (χ4n) is 2.80. The molecule has 0 bridgehead atoms. The van der Waals surface area contributed by atoms with Crippen LogP contribution in [0.4, 0.5) is 0 Å². The molecule has 1 N–H and O–H groups in total. The first-order valence-corrected chi connectivity index (χ1v) is 9.58. The summed E-state index contributed by atoms with van der Waals surface area (Å²) < 4.78 is 8.60. The molecule has 8 heteroatoms. The molecule has 0 spiro atoms. The van der Waals surface area contributed by atoms with Crippen LogP contribution in [0, 0.1) is 0 Å². The van der Waals surface area contributed by atoms with Crippen LogP contribution in [0.3, 0.4) is 0 Å². The SMILES string of the molecule is Cn1c(-c2ccccc2)nn(CCNC(=O)C(C)(C)Oc2ccc(Cl)cc2)c1=O. The van der Waals surface area contributed by atoms with E-state index in [1.54, 1.807) is 45.2 Å². The molecule has 0 atom stereocenters. The Kier molecular flexibility index (Phi) is 6.08. The van der Waals surface area contributed by atoms with Gasteiger partial charge in [0, 0.05) is 24.2 Å². The summed E-state index contributed by atoms with van der Waals surface area (Å²) in [5.41, 5.74) is -0.472. The van der Waals surface area contributed by atoms with Gasteiger partial charge in [-0.05, 0) is 38.1 Å². The van der Waals surface area contributed by atoms with Gasteiger partial charge < -0.3 is 10.1 Å². The maximum absolute atomic E-state index is 12.5. The molecule has 1 heterocycles. The lowest BCUT2D eigenvalue weighted by atomic mass is 10.1. The standard InChI is InChI=1S/C21H23ClN4O3/c1-21(2,29-17-11-9-16(22)10-12-17)19(27)23-13-14-26-20(28)25(3)18(24-26)15-7-5-4-6-8-15/h4-12H,13-14H2,1-3H3,(H,23,27). The number of rotatable bonds is 7. The van der Waals surface area contributed by atoms with Gasteiger partial charge in [0.1, 0.15) is 5.75 Å².